The Hall–Kier alpha value is -2.48. The van der Waals surface area contributed by atoms with E-state index in [1.165, 1.54) is 36.7 Å². The Morgan fingerprint density at radius 3 is 2.70 bits per heavy atom. The van der Waals surface area contributed by atoms with Crippen molar-refractivity contribution in [3.63, 3.8) is 0 Å². The van der Waals surface area contributed by atoms with Crippen LogP contribution in [0.4, 0.5) is 11.4 Å². The third-order valence-electron chi connectivity index (χ3n) is 2.49. The number of aromatic nitrogens is 1. The first-order valence-electron chi connectivity index (χ1n) is 5.42. The summed E-state index contributed by atoms with van der Waals surface area (Å²) in [4.78, 5) is 36.6. The molecule has 1 aromatic carbocycles. The molecule has 0 fully saturated rings. The van der Waals surface area contributed by atoms with Crippen LogP contribution in [-0.2, 0) is 0 Å². The van der Waals surface area contributed by atoms with Gasteiger partial charge in [0.1, 0.15) is 11.3 Å². The quantitative estimate of drug-likeness (QED) is 0.662. The number of halogens is 1. The van der Waals surface area contributed by atoms with Crippen molar-refractivity contribution in [3.8, 4) is 0 Å². The third-order valence-corrected chi connectivity index (χ3v) is 3.08. The van der Waals surface area contributed by atoms with Crippen molar-refractivity contribution in [2.45, 2.75) is 0 Å². The first-order chi connectivity index (χ1) is 9.50. The Morgan fingerprint density at radius 1 is 1.30 bits per heavy atom. The zero-order chi connectivity index (χ0) is 14.7. The predicted molar refractivity (Wildman–Crippen MR) is 75.8 cm³/mol. The van der Waals surface area contributed by atoms with E-state index in [9.17, 15) is 19.7 Å². The van der Waals surface area contributed by atoms with Crippen LogP contribution in [0.1, 0.15) is 10.4 Å². The largest absolute Gasteiger partial charge is 0.365 e. The molecule has 0 aliphatic heterocycles. The SMILES string of the molecule is O=C(Nc1c[nH]cc(Br)c1=O)c1ccccc1[N+](=O)[O-]. The number of hydrogen-bond donors (Lipinski definition) is 2. The molecule has 0 bridgehead atoms. The molecule has 7 nitrogen and oxygen atoms in total. The van der Waals surface area contributed by atoms with E-state index >= 15 is 0 Å². The number of hydrogen-bond acceptors (Lipinski definition) is 4. The zero-order valence-electron chi connectivity index (χ0n) is 9.92. The van der Waals surface area contributed by atoms with Crippen molar-refractivity contribution in [1.29, 1.82) is 0 Å². The summed E-state index contributed by atoms with van der Waals surface area (Å²) in [5.41, 5.74) is -0.855. The molecular formula is C12H8BrN3O4. The minimum atomic E-state index is -0.721. The summed E-state index contributed by atoms with van der Waals surface area (Å²) in [5, 5.41) is 13.2. The lowest BCUT2D eigenvalue weighted by atomic mass is 10.1. The van der Waals surface area contributed by atoms with E-state index in [-0.39, 0.29) is 21.4 Å². The fraction of sp³-hybridized carbons (Fsp3) is 0. The second kappa shape index (κ2) is 5.66. The van der Waals surface area contributed by atoms with Crippen LogP contribution in [-0.4, -0.2) is 15.8 Å². The smallest absolute Gasteiger partial charge is 0.282 e. The molecule has 1 aromatic heterocycles. The van der Waals surface area contributed by atoms with Crippen LogP contribution >= 0.6 is 15.9 Å². The van der Waals surface area contributed by atoms with Gasteiger partial charge in [0.15, 0.2) is 0 Å². The highest BCUT2D eigenvalue weighted by atomic mass is 79.9. The Balaban J connectivity index is 2.36. The summed E-state index contributed by atoms with van der Waals surface area (Å²) >= 11 is 3.03. The number of nitro benzene ring substituents is 1. The Kier molecular flexibility index (Phi) is 3.94. The Morgan fingerprint density at radius 2 is 2.00 bits per heavy atom. The molecule has 20 heavy (non-hydrogen) atoms. The van der Waals surface area contributed by atoms with E-state index in [1.807, 2.05) is 0 Å². The van der Waals surface area contributed by atoms with E-state index < -0.39 is 16.3 Å². The second-order valence-corrected chi connectivity index (χ2v) is 4.63. The van der Waals surface area contributed by atoms with Crippen LogP contribution in [0.5, 0.6) is 0 Å². The van der Waals surface area contributed by atoms with E-state index in [4.69, 9.17) is 0 Å². The third kappa shape index (κ3) is 2.75. The number of nitrogens with zero attached hydrogens (tertiary/aromatic N) is 1. The lowest BCUT2D eigenvalue weighted by Crippen LogP contribution is -2.19. The van der Waals surface area contributed by atoms with Crippen molar-refractivity contribution in [2.24, 2.45) is 0 Å². The number of pyridine rings is 1. The first kappa shape index (κ1) is 13.9. The number of carbonyl (C=O) groups is 1. The topological polar surface area (TPSA) is 105 Å². The number of H-pyrrole nitrogens is 1. The molecule has 1 amide bonds. The van der Waals surface area contributed by atoms with Gasteiger partial charge in [-0.25, -0.2) is 0 Å². The Labute approximate surface area is 120 Å². The molecule has 0 atom stereocenters. The standard InChI is InChI=1S/C12H8BrN3O4/c13-8-5-14-6-9(11(8)17)15-12(18)7-3-1-2-4-10(7)16(19)20/h1-6H,(H,14,17)(H,15,18). The lowest BCUT2D eigenvalue weighted by molar-refractivity contribution is -0.385. The molecule has 0 unspecified atom stereocenters. The summed E-state index contributed by atoms with van der Waals surface area (Å²) in [6.45, 7) is 0. The van der Waals surface area contributed by atoms with Gasteiger partial charge in [-0.15, -0.1) is 0 Å². The van der Waals surface area contributed by atoms with Gasteiger partial charge in [0.2, 0.25) is 5.43 Å². The molecule has 2 N–H and O–H groups in total. The lowest BCUT2D eigenvalue weighted by Gasteiger charge is -2.05. The molecule has 102 valence electrons. The second-order valence-electron chi connectivity index (χ2n) is 3.77. The van der Waals surface area contributed by atoms with E-state index in [2.05, 4.69) is 26.2 Å². The number of benzene rings is 1. The highest BCUT2D eigenvalue weighted by Gasteiger charge is 2.20. The number of para-hydroxylation sites is 1. The number of carbonyl (C=O) groups excluding carboxylic acids is 1. The highest BCUT2D eigenvalue weighted by Crippen LogP contribution is 2.18. The molecule has 0 aliphatic rings. The monoisotopic (exact) mass is 337 g/mol. The van der Waals surface area contributed by atoms with Crippen molar-refractivity contribution in [1.82, 2.24) is 4.98 Å². The predicted octanol–water partition coefficient (Wildman–Crippen LogP) is 2.30. The van der Waals surface area contributed by atoms with Crippen LogP contribution in [0.2, 0.25) is 0 Å². The van der Waals surface area contributed by atoms with E-state index in [0.717, 1.165) is 0 Å². The molecule has 0 saturated carbocycles. The number of anilines is 1. The summed E-state index contributed by atoms with van der Waals surface area (Å²) in [5.74, 6) is -0.721. The van der Waals surface area contributed by atoms with Gasteiger partial charge in [0.25, 0.3) is 11.6 Å². The summed E-state index contributed by atoms with van der Waals surface area (Å²) in [7, 11) is 0. The van der Waals surface area contributed by atoms with Gasteiger partial charge in [-0.1, -0.05) is 12.1 Å². The van der Waals surface area contributed by atoms with Gasteiger partial charge in [0.05, 0.1) is 9.40 Å². The van der Waals surface area contributed by atoms with Gasteiger partial charge in [-0.2, -0.15) is 0 Å². The average Bonchev–Trinajstić information content (AvgIpc) is 2.43. The normalized spacial score (nSPS) is 10.1. The maximum absolute atomic E-state index is 12.0. The summed E-state index contributed by atoms with van der Waals surface area (Å²) in [6, 6.07) is 5.51. The first-order valence-corrected chi connectivity index (χ1v) is 6.21. The number of nitrogens with one attached hydrogen (secondary N) is 2. The number of nitro groups is 1. The molecule has 2 rings (SSSR count). The van der Waals surface area contributed by atoms with Gasteiger partial charge in [0, 0.05) is 18.5 Å². The van der Waals surface area contributed by atoms with Gasteiger partial charge < -0.3 is 10.3 Å². The van der Waals surface area contributed by atoms with Crippen molar-refractivity contribution in [3.05, 3.63) is 67.0 Å². The van der Waals surface area contributed by atoms with Crippen molar-refractivity contribution in [2.75, 3.05) is 5.32 Å². The van der Waals surface area contributed by atoms with Crippen LogP contribution in [0, 0.1) is 10.1 Å². The molecule has 0 radical (unpaired) electrons. The maximum atomic E-state index is 12.0. The average molecular weight is 338 g/mol. The van der Waals surface area contributed by atoms with Crippen LogP contribution in [0.15, 0.2) is 45.9 Å². The zero-order valence-corrected chi connectivity index (χ0v) is 11.5. The molecule has 0 spiro atoms. The summed E-state index contributed by atoms with van der Waals surface area (Å²) in [6.07, 6.45) is 2.72. The number of amides is 1. The minimum Gasteiger partial charge on any atom is -0.365 e. The van der Waals surface area contributed by atoms with Crippen molar-refractivity contribution < 1.29 is 9.72 Å². The maximum Gasteiger partial charge on any atom is 0.282 e. The van der Waals surface area contributed by atoms with Crippen LogP contribution < -0.4 is 10.7 Å². The minimum absolute atomic E-state index is 0.00234. The fourth-order valence-electron chi connectivity index (χ4n) is 1.57. The van der Waals surface area contributed by atoms with Crippen molar-refractivity contribution >= 4 is 33.2 Å². The summed E-state index contributed by atoms with van der Waals surface area (Å²) < 4.78 is 0.248. The van der Waals surface area contributed by atoms with Gasteiger partial charge >= 0.3 is 0 Å². The van der Waals surface area contributed by atoms with Gasteiger partial charge in [-0.05, 0) is 22.0 Å². The molecular weight excluding hydrogens is 330 g/mol. The van der Waals surface area contributed by atoms with Gasteiger partial charge in [-0.3, -0.25) is 19.7 Å². The molecule has 8 heteroatoms. The molecule has 2 aromatic rings. The molecule has 0 aliphatic carbocycles. The highest BCUT2D eigenvalue weighted by molar-refractivity contribution is 9.10. The van der Waals surface area contributed by atoms with E-state index in [0.29, 0.717) is 0 Å². The van der Waals surface area contributed by atoms with E-state index in [1.54, 1.807) is 0 Å². The molecule has 1 heterocycles. The van der Waals surface area contributed by atoms with Crippen LogP contribution in [0.25, 0.3) is 0 Å². The van der Waals surface area contributed by atoms with Crippen LogP contribution in [0.3, 0.4) is 0 Å². The fourth-order valence-corrected chi connectivity index (χ4v) is 1.91. The Bertz CT molecular complexity index is 741. The molecule has 0 saturated heterocycles. The number of aromatic amines is 1. The number of rotatable bonds is 3.